The number of nitrogens with two attached hydrogens (primary N) is 1. The molecule has 0 bridgehead atoms. The maximum atomic E-state index is 11.8. The molecule has 19 heavy (non-hydrogen) atoms. The maximum Gasteiger partial charge on any atom is 0.289 e. The van der Waals surface area contributed by atoms with Crippen molar-refractivity contribution in [1.29, 1.82) is 0 Å². The first-order chi connectivity index (χ1) is 9.16. The Kier molecular flexibility index (Phi) is 4.40. The molecular formula is C12H17N5O2. The number of nitrogens with one attached hydrogen (secondary N) is 1. The molecule has 0 aliphatic carbocycles. The van der Waals surface area contributed by atoms with Crippen molar-refractivity contribution in [3.05, 3.63) is 23.8 Å². The molecule has 1 aromatic heterocycles. The third-order valence-electron chi connectivity index (χ3n) is 3.02. The standard InChI is InChI=1S/C12H17N5O2/c13-10(18)9-3-4-14-11(16-9)12(19)15-5-8-17-6-1-2-7-17/h3-4H,1-2,5-8H2,(H2,13,18)(H,15,19). The molecule has 1 fully saturated rings. The fourth-order valence-corrected chi connectivity index (χ4v) is 2.02. The van der Waals surface area contributed by atoms with Crippen molar-refractivity contribution < 1.29 is 9.59 Å². The van der Waals surface area contributed by atoms with E-state index >= 15 is 0 Å². The van der Waals surface area contributed by atoms with Crippen LogP contribution in [-0.4, -0.2) is 52.9 Å². The van der Waals surface area contributed by atoms with Gasteiger partial charge in [-0.3, -0.25) is 9.59 Å². The van der Waals surface area contributed by atoms with Crippen LogP contribution in [0.4, 0.5) is 0 Å². The molecule has 0 atom stereocenters. The number of carbonyl (C=O) groups is 2. The summed E-state index contributed by atoms with van der Waals surface area (Å²) in [6, 6.07) is 1.38. The summed E-state index contributed by atoms with van der Waals surface area (Å²) < 4.78 is 0. The number of aromatic nitrogens is 2. The van der Waals surface area contributed by atoms with Crippen molar-refractivity contribution in [2.45, 2.75) is 12.8 Å². The Labute approximate surface area is 111 Å². The summed E-state index contributed by atoms with van der Waals surface area (Å²) in [5.74, 6) is -1.09. The van der Waals surface area contributed by atoms with Crippen molar-refractivity contribution >= 4 is 11.8 Å². The predicted octanol–water partition coefficient (Wildman–Crippen LogP) is -0.599. The Hall–Kier alpha value is -2.02. The van der Waals surface area contributed by atoms with Gasteiger partial charge in [-0.25, -0.2) is 9.97 Å². The molecule has 3 N–H and O–H groups in total. The van der Waals surface area contributed by atoms with Crippen molar-refractivity contribution in [3.63, 3.8) is 0 Å². The lowest BCUT2D eigenvalue weighted by Crippen LogP contribution is -2.34. The molecule has 7 heteroatoms. The molecule has 7 nitrogen and oxygen atoms in total. The third kappa shape index (κ3) is 3.72. The van der Waals surface area contributed by atoms with E-state index < -0.39 is 5.91 Å². The second-order valence-electron chi connectivity index (χ2n) is 4.43. The summed E-state index contributed by atoms with van der Waals surface area (Å²) in [6.07, 6.45) is 3.79. The minimum atomic E-state index is -0.673. The van der Waals surface area contributed by atoms with Gasteiger partial charge in [0.25, 0.3) is 11.8 Å². The summed E-state index contributed by atoms with van der Waals surface area (Å²) in [5, 5.41) is 2.73. The van der Waals surface area contributed by atoms with Gasteiger partial charge in [-0.15, -0.1) is 0 Å². The highest BCUT2D eigenvalue weighted by molar-refractivity contribution is 5.94. The molecular weight excluding hydrogens is 246 g/mol. The average Bonchev–Trinajstić information content (AvgIpc) is 2.92. The smallest absolute Gasteiger partial charge is 0.289 e. The van der Waals surface area contributed by atoms with Crippen molar-refractivity contribution in [3.8, 4) is 0 Å². The molecule has 0 aromatic carbocycles. The third-order valence-corrected chi connectivity index (χ3v) is 3.02. The highest BCUT2D eigenvalue weighted by Crippen LogP contribution is 2.05. The fraction of sp³-hybridized carbons (Fsp3) is 0.500. The largest absolute Gasteiger partial charge is 0.364 e. The van der Waals surface area contributed by atoms with E-state index in [1.54, 1.807) is 0 Å². The maximum absolute atomic E-state index is 11.8. The second kappa shape index (κ2) is 6.24. The number of hydrogen-bond donors (Lipinski definition) is 2. The SMILES string of the molecule is NC(=O)c1ccnc(C(=O)NCCN2CCCC2)n1. The zero-order valence-electron chi connectivity index (χ0n) is 10.6. The Balaban J connectivity index is 1.85. The lowest BCUT2D eigenvalue weighted by Gasteiger charge is -2.14. The van der Waals surface area contributed by atoms with Gasteiger partial charge in [0.2, 0.25) is 5.82 Å². The van der Waals surface area contributed by atoms with Gasteiger partial charge in [0.1, 0.15) is 5.69 Å². The molecule has 0 radical (unpaired) electrons. The molecule has 102 valence electrons. The summed E-state index contributed by atoms with van der Waals surface area (Å²) in [7, 11) is 0. The highest BCUT2D eigenvalue weighted by Gasteiger charge is 2.14. The summed E-state index contributed by atoms with van der Waals surface area (Å²) in [6.45, 7) is 3.54. The quantitative estimate of drug-likeness (QED) is 0.738. The molecule has 1 saturated heterocycles. The van der Waals surface area contributed by atoms with Crippen LogP contribution in [0.2, 0.25) is 0 Å². The van der Waals surface area contributed by atoms with Gasteiger partial charge in [-0.2, -0.15) is 0 Å². The lowest BCUT2D eigenvalue weighted by atomic mass is 10.4. The van der Waals surface area contributed by atoms with Crippen LogP contribution < -0.4 is 11.1 Å². The van der Waals surface area contributed by atoms with Gasteiger partial charge >= 0.3 is 0 Å². The van der Waals surface area contributed by atoms with Crippen molar-refractivity contribution in [2.24, 2.45) is 5.73 Å². The van der Waals surface area contributed by atoms with Crippen LogP contribution in [0.15, 0.2) is 12.3 Å². The first kappa shape index (κ1) is 13.4. The summed E-state index contributed by atoms with van der Waals surface area (Å²) in [4.78, 5) is 32.7. The summed E-state index contributed by atoms with van der Waals surface area (Å²) in [5.41, 5.74) is 5.14. The molecule has 2 rings (SSSR count). The van der Waals surface area contributed by atoms with E-state index in [9.17, 15) is 9.59 Å². The number of carbonyl (C=O) groups excluding carboxylic acids is 2. The number of likely N-dealkylation sites (tertiary alicyclic amines) is 1. The van der Waals surface area contributed by atoms with Crippen LogP contribution >= 0.6 is 0 Å². The zero-order chi connectivity index (χ0) is 13.7. The molecule has 0 spiro atoms. The van der Waals surface area contributed by atoms with Crippen molar-refractivity contribution in [2.75, 3.05) is 26.2 Å². The van der Waals surface area contributed by atoms with Gasteiger partial charge < -0.3 is 16.0 Å². The van der Waals surface area contributed by atoms with E-state index in [1.165, 1.54) is 25.1 Å². The van der Waals surface area contributed by atoms with E-state index in [2.05, 4.69) is 20.2 Å². The number of primary amides is 1. The average molecular weight is 263 g/mol. The number of rotatable bonds is 5. The fourth-order valence-electron chi connectivity index (χ4n) is 2.02. The first-order valence-corrected chi connectivity index (χ1v) is 6.30. The van der Waals surface area contributed by atoms with Gasteiger partial charge in [-0.05, 0) is 32.0 Å². The van der Waals surface area contributed by atoms with E-state index in [4.69, 9.17) is 5.73 Å². The van der Waals surface area contributed by atoms with Crippen LogP contribution in [0.5, 0.6) is 0 Å². The normalized spacial score (nSPS) is 15.4. The molecule has 2 heterocycles. The molecule has 1 aliphatic rings. The van der Waals surface area contributed by atoms with Crippen LogP contribution in [0.3, 0.4) is 0 Å². The van der Waals surface area contributed by atoms with E-state index in [0.29, 0.717) is 6.54 Å². The second-order valence-corrected chi connectivity index (χ2v) is 4.43. The monoisotopic (exact) mass is 263 g/mol. The Morgan fingerprint density at radius 2 is 2.11 bits per heavy atom. The number of nitrogens with zero attached hydrogens (tertiary/aromatic N) is 3. The van der Waals surface area contributed by atoms with Gasteiger partial charge in [-0.1, -0.05) is 0 Å². The first-order valence-electron chi connectivity index (χ1n) is 6.30. The minimum absolute atomic E-state index is 0.0299. The van der Waals surface area contributed by atoms with Gasteiger partial charge in [0.05, 0.1) is 0 Å². The van der Waals surface area contributed by atoms with E-state index in [1.807, 2.05) is 0 Å². The van der Waals surface area contributed by atoms with Gasteiger partial charge in [0.15, 0.2) is 0 Å². The topological polar surface area (TPSA) is 101 Å². The summed E-state index contributed by atoms with van der Waals surface area (Å²) >= 11 is 0. The predicted molar refractivity (Wildman–Crippen MR) is 68.6 cm³/mol. The van der Waals surface area contributed by atoms with Crippen LogP contribution in [0.25, 0.3) is 0 Å². The molecule has 2 amide bonds. The lowest BCUT2D eigenvalue weighted by molar-refractivity contribution is 0.0939. The van der Waals surface area contributed by atoms with Crippen LogP contribution in [0, 0.1) is 0 Å². The van der Waals surface area contributed by atoms with Crippen molar-refractivity contribution in [1.82, 2.24) is 20.2 Å². The zero-order valence-corrected chi connectivity index (χ0v) is 10.6. The Morgan fingerprint density at radius 1 is 1.37 bits per heavy atom. The van der Waals surface area contributed by atoms with Crippen LogP contribution in [-0.2, 0) is 0 Å². The van der Waals surface area contributed by atoms with E-state index in [0.717, 1.165) is 19.6 Å². The Bertz CT molecular complexity index is 471. The Morgan fingerprint density at radius 3 is 2.79 bits per heavy atom. The molecule has 0 unspecified atom stereocenters. The number of amides is 2. The highest BCUT2D eigenvalue weighted by atomic mass is 16.2. The van der Waals surface area contributed by atoms with E-state index in [-0.39, 0.29) is 17.4 Å². The van der Waals surface area contributed by atoms with Crippen LogP contribution in [0.1, 0.15) is 33.9 Å². The number of hydrogen-bond acceptors (Lipinski definition) is 5. The molecule has 1 aliphatic heterocycles. The molecule has 1 aromatic rings. The molecule has 0 saturated carbocycles. The minimum Gasteiger partial charge on any atom is -0.364 e. The van der Waals surface area contributed by atoms with Gasteiger partial charge in [0, 0.05) is 19.3 Å².